The average molecular weight is 296 g/mol. The molecule has 1 saturated heterocycles. The first-order chi connectivity index (χ1) is 10.7. The van der Waals surface area contributed by atoms with E-state index >= 15 is 0 Å². The number of hydrogen-bond acceptors (Lipinski definition) is 3. The molecule has 1 aromatic heterocycles. The quantitative estimate of drug-likeness (QED) is 0.931. The first-order valence-corrected chi connectivity index (χ1v) is 8.10. The Labute approximate surface area is 132 Å². The molecule has 1 aromatic carbocycles. The SMILES string of the molecule is CC1CC(C(Oc2ccccc2)c2ccccn2)C(C)CN1. The van der Waals surface area contributed by atoms with Gasteiger partial charge in [0.25, 0.3) is 0 Å². The highest BCUT2D eigenvalue weighted by molar-refractivity contribution is 5.23. The summed E-state index contributed by atoms with van der Waals surface area (Å²) in [4.78, 5) is 4.56. The van der Waals surface area contributed by atoms with Gasteiger partial charge in [-0.15, -0.1) is 0 Å². The summed E-state index contributed by atoms with van der Waals surface area (Å²) in [6.07, 6.45) is 2.96. The van der Waals surface area contributed by atoms with E-state index in [1.165, 1.54) is 0 Å². The number of nitrogens with zero attached hydrogens (tertiary/aromatic N) is 1. The fraction of sp³-hybridized carbons (Fsp3) is 0.421. The molecule has 4 unspecified atom stereocenters. The Morgan fingerprint density at radius 1 is 1.09 bits per heavy atom. The van der Waals surface area contributed by atoms with Crippen molar-refractivity contribution in [2.75, 3.05) is 6.54 Å². The van der Waals surface area contributed by atoms with Crippen molar-refractivity contribution in [3.63, 3.8) is 0 Å². The number of hydrogen-bond donors (Lipinski definition) is 1. The van der Waals surface area contributed by atoms with Crippen LogP contribution < -0.4 is 10.1 Å². The third-order valence-corrected chi connectivity index (χ3v) is 4.52. The maximum Gasteiger partial charge on any atom is 0.144 e. The number of ether oxygens (including phenoxy) is 1. The van der Waals surface area contributed by atoms with Crippen LogP contribution in [0.4, 0.5) is 0 Å². The Bertz CT molecular complexity index is 573. The number of aromatic nitrogens is 1. The molecule has 3 nitrogen and oxygen atoms in total. The molecule has 0 amide bonds. The molecule has 1 aliphatic heterocycles. The van der Waals surface area contributed by atoms with E-state index in [0.29, 0.717) is 17.9 Å². The second-order valence-corrected chi connectivity index (χ2v) is 6.29. The van der Waals surface area contributed by atoms with E-state index in [2.05, 4.69) is 30.2 Å². The number of benzene rings is 1. The Kier molecular flexibility index (Phi) is 4.74. The van der Waals surface area contributed by atoms with Gasteiger partial charge < -0.3 is 10.1 Å². The molecule has 2 aromatic rings. The van der Waals surface area contributed by atoms with E-state index in [4.69, 9.17) is 4.74 Å². The minimum atomic E-state index is 0.00292. The van der Waals surface area contributed by atoms with Gasteiger partial charge >= 0.3 is 0 Å². The van der Waals surface area contributed by atoms with Gasteiger partial charge in [-0.1, -0.05) is 31.2 Å². The molecule has 1 N–H and O–H groups in total. The average Bonchev–Trinajstić information content (AvgIpc) is 2.57. The van der Waals surface area contributed by atoms with Crippen LogP contribution in [-0.2, 0) is 0 Å². The van der Waals surface area contributed by atoms with Crippen molar-refractivity contribution < 1.29 is 4.74 Å². The van der Waals surface area contributed by atoms with Crippen LogP contribution in [0, 0.1) is 11.8 Å². The Morgan fingerprint density at radius 3 is 2.59 bits per heavy atom. The van der Waals surface area contributed by atoms with Crippen LogP contribution >= 0.6 is 0 Å². The lowest BCUT2D eigenvalue weighted by molar-refractivity contribution is 0.0648. The second-order valence-electron chi connectivity index (χ2n) is 6.29. The highest BCUT2D eigenvalue weighted by atomic mass is 16.5. The van der Waals surface area contributed by atoms with Crippen LogP contribution in [0.1, 0.15) is 32.1 Å². The van der Waals surface area contributed by atoms with Crippen molar-refractivity contribution in [3.8, 4) is 5.75 Å². The summed E-state index contributed by atoms with van der Waals surface area (Å²) in [5, 5.41) is 3.56. The fourth-order valence-electron chi connectivity index (χ4n) is 3.24. The third-order valence-electron chi connectivity index (χ3n) is 4.52. The van der Waals surface area contributed by atoms with Crippen molar-refractivity contribution in [1.29, 1.82) is 0 Å². The van der Waals surface area contributed by atoms with E-state index in [1.807, 2.05) is 48.7 Å². The van der Waals surface area contributed by atoms with Crippen molar-refractivity contribution in [3.05, 3.63) is 60.4 Å². The number of pyridine rings is 1. The molecule has 0 saturated carbocycles. The molecule has 1 aliphatic rings. The van der Waals surface area contributed by atoms with Crippen LogP contribution in [0.15, 0.2) is 54.7 Å². The van der Waals surface area contributed by atoms with Crippen LogP contribution in [0.3, 0.4) is 0 Å². The highest BCUT2D eigenvalue weighted by Crippen LogP contribution is 2.36. The summed E-state index contributed by atoms with van der Waals surface area (Å²) in [5.41, 5.74) is 1.03. The summed E-state index contributed by atoms with van der Waals surface area (Å²) < 4.78 is 6.37. The number of para-hydroxylation sites is 1. The topological polar surface area (TPSA) is 34.1 Å². The van der Waals surface area contributed by atoms with Crippen molar-refractivity contribution in [1.82, 2.24) is 10.3 Å². The van der Waals surface area contributed by atoms with E-state index in [-0.39, 0.29) is 6.10 Å². The summed E-state index contributed by atoms with van der Waals surface area (Å²) in [6, 6.07) is 16.7. The Balaban J connectivity index is 1.89. The van der Waals surface area contributed by atoms with Crippen LogP contribution in [0.5, 0.6) is 5.75 Å². The predicted molar refractivity (Wildman–Crippen MR) is 88.8 cm³/mol. The van der Waals surface area contributed by atoms with Gasteiger partial charge in [-0.2, -0.15) is 0 Å². The molecule has 3 heteroatoms. The smallest absolute Gasteiger partial charge is 0.144 e. The molecule has 0 spiro atoms. The monoisotopic (exact) mass is 296 g/mol. The van der Waals surface area contributed by atoms with Gasteiger partial charge in [-0.3, -0.25) is 4.98 Å². The molecular weight excluding hydrogens is 272 g/mol. The van der Waals surface area contributed by atoms with Gasteiger partial charge in [0, 0.05) is 18.2 Å². The molecule has 22 heavy (non-hydrogen) atoms. The zero-order valence-corrected chi connectivity index (χ0v) is 13.3. The molecule has 0 radical (unpaired) electrons. The van der Waals surface area contributed by atoms with Gasteiger partial charge in [0.15, 0.2) is 0 Å². The molecule has 3 rings (SSSR count). The van der Waals surface area contributed by atoms with Crippen molar-refractivity contribution >= 4 is 0 Å². The largest absolute Gasteiger partial charge is 0.484 e. The van der Waals surface area contributed by atoms with Crippen LogP contribution in [0.2, 0.25) is 0 Å². The normalized spacial score (nSPS) is 26.4. The maximum atomic E-state index is 6.37. The zero-order chi connectivity index (χ0) is 15.4. The zero-order valence-electron chi connectivity index (χ0n) is 13.3. The van der Waals surface area contributed by atoms with E-state index in [9.17, 15) is 0 Å². The molecule has 1 fully saturated rings. The first kappa shape index (κ1) is 15.0. The van der Waals surface area contributed by atoms with Gasteiger partial charge in [0.1, 0.15) is 11.9 Å². The second kappa shape index (κ2) is 6.93. The summed E-state index contributed by atoms with van der Waals surface area (Å²) in [5.74, 6) is 1.94. The van der Waals surface area contributed by atoms with Gasteiger partial charge in [0.2, 0.25) is 0 Å². The minimum Gasteiger partial charge on any atom is -0.484 e. The first-order valence-electron chi connectivity index (χ1n) is 8.10. The molecule has 0 bridgehead atoms. The standard InChI is InChI=1S/C19H24N2O/c1-14-13-21-15(2)12-17(14)19(18-10-6-7-11-20-18)22-16-8-4-3-5-9-16/h3-11,14-15,17,19,21H,12-13H2,1-2H3. The molecule has 0 aliphatic carbocycles. The fourth-order valence-corrected chi connectivity index (χ4v) is 3.24. The Morgan fingerprint density at radius 2 is 1.86 bits per heavy atom. The Hall–Kier alpha value is -1.87. The highest BCUT2D eigenvalue weighted by Gasteiger charge is 2.34. The van der Waals surface area contributed by atoms with E-state index < -0.39 is 0 Å². The van der Waals surface area contributed by atoms with E-state index in [1.54, 1.807) is 0 Å². The van der Waals surface area contributed by atoms with Crippen LogP contribution in [-0.4, -0.2) is 17.6 Å². The van der Waals surface area contributed by atoms with Gasteiger partial charge in [-0.05, 0) is 50.1 Å². The molecular formula is C19H24N2O. The number of rotatable bonds is 4. The molecule has 116 valence electrons. The number of nitrogens with one attached hydrogen (secondary N) is 1. The minimum absolute atomic E-state index is 0.00292. The van der Waals surface area contributed by atoms with E-state index in [0.717, 1.165) is 24.4 Å². The van der Waals surface area contributed by atoms with Gasteiger partial charge in [0.05, 0.1) is 5.69 Å². The lowest BCUT2D eigenvalue weighted by atomic mass is 9.79. The summed E-state index contributed by atoms with van der Waals surface area (Å²) in [7, 11) is 0. The molecule has 4 atom stereocenters. The summed E-state index contributed by atoms with van der Waals surface area (Å²) in [6.45, 7) is 5.58. The third kappa shape index (κ3) is 3.47. The maximum absolute atomic E-state index is 6.37. The van der Waals surface area contributed by atoms with Crippen LogP contribution in [0.25, 0.3) is 0 Å². The lowest BCUT2D eigenvalue weighted by Gasteiger charge is -2.38. The lowest BCUT2D eigenvalue weighted by Crippen LogP contribution is -2.44. The van der Waals surface area contributed by atoms with Gasteiger partial charge in [-0.25, -0.2) is 0 Å². The van der Waals surface area contributed by atoms with Crippen molar-refractivity contribution in [2.24, 2.45) is 11.8 Å². The predicted octanol–water partition coefficient (Wildman–Crippen LogP) is 3.84. The van der Waals surface area contributed by atoms with Crippen molar-refractivity contribution in [2.45, 2.75) is 32.4 Å². The summed E-state index contributed by atoms with van der Waals surface area (Å²) >= 11 is 0. The molecule has 2 heterocycles. The number of piperidine rings is 1.